The molecular weight excluding hydrogens is 228 g/mol. The number of thiophene rings is 1. The van der Waals surface area contributed by atoms with E-state index >= 15 is 0 Å². The Morgan fingerprint density at radius 2 is 2.06 bits per heavy atom. The molecule has 0 aromatic carbocycles. The van der Waals surface area contributed by atoms with Crippen molar-refractivity contribution in [2.24, 2.45) is 0 Å². The summed E-state index contributed by atoms with van der Waals surface area (Å²) in [6.45, 7) is 3.60. The van der Waals surface area contributed by atoms with Gasteiger partial charge in [-0.15, -0.1) is 0 Å². The Hall–Kier alpha value is -0.380. The molecule has 2 fully saturated rings. The van der Waals surface area contributed by atoms with Crippen molar-refractivity contribution < 1.29 is 0 Å². The molecule has 3 heteroatoms. The molecule has 0 bridgehead atoms. The van der Waals surface area contributed by atoms with E-state index in [-0.39, 0.29) is 0 Å². The average molecular weight is 250 g/mol. The van der Waals surface area contributed by atoms with Gasteiger partial charge in [-0.25, -0.2) is 0 Å². The van der Waals surface area contributed by atoms with E-state index in [4.69, 9.17) is 0 Å². The second-order valence-corrected chi connectivity index (χ2v) is 6.15. The second-order valence-electron chi connectivity index (χ2n) is 5.37. The molecule has 1 aromatic heterocycles. The predicted octanol–water partition coefficient (Wildman–Crippen LogP) is 2.85. The lowest BCUT2D eigenvalue weighted by Crippen LogP contribution is -2.37. The molecule has 2 nitrogen and oxygen atoms in total. The van der Waals surface area contributed by atoms with Gasteiger partial charge in [0.1, 0.15) is 0 Å². The van der Waals surface area contributed by atoms with Gasteiger partial charge < -0.3 is 5.32 Å². The van der Waals surface area contributed by atoms with Gasteiger partial charge in [-0.05, 0) is 67.6 Å². The highest BCUT2D eigenvalue weighted by molar-refractivity contribution is 7.07. The van der Waals surface area contributed by atoms with Crippen molar-refractivity contribution in [2.75, 3.05) is 13.1 Å². The molecule has 1 aliphatic carbocycles. The molecule has 1 aromatic rings. The number of hydrogen-bond acceptors (Lipinski definition) is 3. The number of nitrogens with one attached hydrogen (secondary N) is 1. The van der Waals surface area contributed by atoms with E-state index in [1.165, 1.54) is 57.3 Å². The lowest BCUT2D eigenvalue weighted by Gasteiger charge is -2.30. The summed E-state index contributed by atoms with van der Waals surface area (Å²) in [4.78, 5) is 2.79. The smallest absolute Gasteiger partial charge is 0.0247 e. The van der Waals surface area contributed by atoms with Gasteiger partial charge in [0, 0.05) is 18.6 Å². The topological polar surface area (TPSA) is 15.3 Å². The number of nitrogens with zero attached hydrogens (tertiary/aromatic N) is 1. The lowest BCUT2D eigenvalue weighted by molar-refractivity contribution is 0.163. The van der Waals surface area contributed by atoms with Gasteiger partial charge in [0.2, 0.25) is 0 Å². The van der Waals surface area contributed by atoms with Crippen LogP contribution in [0.3, 0.4) is 0 Å². The van der Waals surface area contributed by atoms with Crippen LogP contribution >= 0.6 is 11.3 Å². The monoisotopic (exact) mass is 250 g/mol. The van der Waals surface area contributed by atoms with Gasteiger partial charge >= 0.3 is 0 Å². The third kappa shape index (κ3) is 3.09. The van der Waals surface area contributed by atoms with Crippen LogP contribution in [0.2, 0.25) is 0 Å². The summed E-state index contributed by atoms with van der Waals surface area (Å²) >= 11 is 1.83. The lowest BCUT2D eigenvalue weighted by atomic mass is 10.1. The number of hydrogen-bond donors (Lipinski definition) is 1. The third-order valence-corrected chi connectivity index (χ3v) is 4.71. The molecule has 2 aliphatic rings. The van der Waals surface area contributed by atoms with Crippen LogP contribution in [-0.4, -0.2) is 30.1 Å². The molecule has 1 atom stereocenters. The average Bonchev–Trinajstić information content (AvgIpc) is 3.11. The van der Waals surface area contributed by atoms with Crippen LogP contribution in [0.5, 0.6) is 0 Å². The maximum atomic E-state index is 3.53. The predicted molar refractivity (Wildman–Crippen MR) is 73.4 cm³/mol. The SMILES string of the molecule is c1cc(CN(C2CCCNCC2)C2CC2)cs1. The summed E-state index contributed by atoms with van der Waals surface area (Å²) in [5.41, 5.74) is 1.51. The fourth-order valence-corrected chi connectivity index (χ4v) is 3.55. The van der Waals surface area contributed by atoms with E-state index in [1.807, 2.05) is 11.3 Å². The minimum Gasteiger partial charge on any atom is -0.317 e. The Morgan fingerprint density at radius 3 is 2.82 bits per heavy atom. The van der Waals surface area contributed by atoms with Crippen LogP contribution in [0.15, 0.2) is 16.8 Å². The molecular formula is C14H22N2S. The zero-order chi connectivity index (χ0) is 11.5. The normalized spacial score (nSPS) is 26.1. The van der Waals surface area contributed by atoms with Crippen molar-refractivity contribution in [1.82, 2.24) is 10.2 Å². The highest BCUT2D eigenvalue weighted by atomic mass is 32.1. The van der Waals surface area contributed by atoms with Crippen LogP contribution in [-0.2, 0) is 6.54 Å². The van der Waals surface area contributed by atoms with Crippen molar-refractivity contribution in [2.45, 2.75) is 50.7 Å². The van der Waals surface area contributed by atoms with Crippen molar-refractivity contribution >= 4 is 11.3 Å². The quantitative estimate of drug-likeness (QED) is 0.884. The van der Waals surface area contributed by atoms with E-state index in [1.54, 1.807) is 0 Å². The molecule has 0 radical (unpaired) electrons. The summed E-state index contributed by atoms with van der Waals surface area (Å²) in [6.07, 6.45) is 6.91. The molecule has 0 spiro atoms. The van der Waals surface area contributed by atoms with Crippen LogP contribution in [0.1, 0.15) is 37.7 Å². The van der Waals surface area contributed by atoms with Gasteiger partial charge in [0.05, 0.1) is 0 Å². The summed E-state index contributed by atoms with van der Waals surface area (Å²) in [5, 5.41) is 8.04. The van der Waals surface area contributed by atoms with E-state index in [2.05, 4.69) is 27.0 Å². The maximum Gasteiger partial charge on any atom is 0.0247 e. The molecule has 1 aliphatic heterocycles. The van der Waals surface area contributed by atoms with Gasteiger partial charge in [-0.1, -0.05) is 0 Å². The fourth-order valence-electron chi connectivity index (χ4n) is 2.89. The van der Waals surface area contributed by atoms with Crippen molar-refractivity contribution in [3.63, 3.8) is 0 Å². The van der Waals surface area contributed by atoms with Crippen molar-refractivity contribution in [3.05, 3.63) is 22.4 Å². The van der Waals surface area contributed by atoms with Crippen molar-refractivity contribution in [1.29, 1.82) is 0 Å². The molecule has 3 rings (SSSR count). The van der Waals surface area contributed by atoms with Crippen LogP contribution < -0.4 is 5.32 Å². The summed E-state index contributed by atoms with van der Waals surface area (Å²) < 4.78 is 0. The Kier molecular flexibility index (Phi) is 3.79. The Bertz CT molecular complexity index is 324. The zero-order valence-electron chi connectivity index (χ0n) is 10.4. The molecule has 2 heterocycles. The molecule has 17 heavy (non-hydrogen) atoms. The third-order valence-electron chi connectivity index (χ3n) is 3.98. The first-order valence-corrected chi connectivity index (χ1v) is 7.85. The first kappa shape index (κ1) is 11.7. The van der Waals surface area contributed by atoms with Gasteiger partial charge in [-0.2, -0.15) is 11.3 Å². The van der Waals surface area contributed by atoms with Gasteiger partial charge in [0.15, 0.2) is 0 Å². The second kappa shape index (κ2) is 5.51. The highest BCUT2D eigenvalue weighted by Crippen LogP contribution is 2.32. The summed E-state index contributed by atoms with van der Waals surface area (Å²) in [6, 6.07) is 3.99. The molecule has 0 amide bonds. The van der Waals surface area contributed by atoms with Crippen LogP contribution in [0.25, 0.3) is 0 Å². The van der Waals surface area contributed by atoms with Gasteiger partial charge in [0.25, 0.3) is 0 Å². The molecule has 1 N–H and O–H groups in total. The molecule has 94 valence electrons. The zero-order valence-corrected chi connectivity index (χ0v) is 11.2. The molecule has 1 saturated carbocycles. The van der Waals surface area contributed by atoms with Crippen molar-refractivity contribution in [3.8, 4) is 0 Å². The first-order chi connectivity index (χ1) is 8.43. The van der Waals surface area contributed by atoms with Gasteiger partial charge in [-0.3, -0.25) is 4.90 Å². The largest absolute Gasteiger partial charge is 0.317 e. The fraction of sp³-hybridized carbons (Fsp3) is 0.714. The highest BCUT2D eigenvalue weighted by Gasteiger charge is 2.33. The standard InChI is InChI=1S/C14H22N2S/c1-2-13(5-8-15-7-1)16(14-3-4-14)10-12-6-9-17-11-12/h6,9,11,13-15H,1-5,7-8,10H2. The minimum atomic E-state index is 0.817. The van der Waals surface area contributed by atoms with E-state index in [0.29, 0.717) is 0 Å². The molecule has 1 unspecified atom stereocenters. The Labute approximate surface area is 108 Å². The Balaban J connectivity index is 1.66. The summed E-state index contributed by atoms with van der Waals surface area (Å²) in [7, 11) is 0. The van der Waals surface area contributed by atoms with Crippen LogP contribution in [0, 0.1) is 0 Å². The maximum absolute atomic E-state index is 3.53. The number of rotatable bonds is 4. The first-order valence-electron chi connectivity index (χ1n) is 6.91. The summed E-state index contributed by atoms with van der Waals surface area (Å²) in [5.74, 6) is 0. The Morgan fingerprint density at radius 1 is 1.18 bits per heavy atom. The van der Waals surface area contributed by atoms with E-state index < -0.39 is 0 Å². The van der Waals surface area contributed by atoms with E-state index in [9.17, 15) is 0 Å². The minimum absolute atomic E-state index is 0.817. The molecule has 1 saturated heterocycles. The van der Waals surface area contributed by atoms with E-state index in [0.717, 1.165) is 12.1 Å². The van der Waals surface area contributed by atoms with Crippen LogP contribution in [0.4, 0.5) is 0 Å².